The van der Waals surface area contributed by atoms with Crippen molar-refractivity contribution in [1.82, 2.24) is 15.3 Å². The molecule has 0 saturated heterocycles. The van der Waals surface area contributed by atoms with Gasteiger partial charge in [0.05, 0.1) is 16.8 Å². The summed E-state index contributed by atoms with van der Waals surface area (Å²) in [6, 6.07) is 8.21. The summed E-state index contributed by atoms with van der Waals surface area (Å²) >= 11 is 0. The predicted octanol–water partition coefficient (Wildman–Crippen LogP) is 1.03. The lowest BCUT2D eigenvalue weighted by atomic mass is 9.99. The number of rotatable bonds is 4. The molecule has 9 nitrogen and oxygen atoms in total. The summed E-state index contributed by atoms with van der Waals surface area (Å²) in [5.41, 5.74) is 4.81. The van der Waals surface area contributed by atoms with Crippen LogP contribution in [0.2, 0.25) is 0 Å². The van der Waals surface area contributed by atoms with Crippen molar-refractivity contribution in [3.63, 3.8) is 0 Å². The van der Waals surface area contributed by atoms with Gasteiger partial charge in [-0.1, -0.05) is 6.07 Å². The van der Waals surface area contributed by atoms with Crippen LogP contribution in [0.25, 0.3) is 0 Å². The quantitative estimate of drug-likeness (QED) is 0.776. The van der Waals surface area contributed by atoms with E-state index in [2.05, 4.69) is 20.2 Å². The fourth-order valence-corrected chi connectivity index (χ4v) is 4.42. The molecule has 0 aliphatic carbocycles. The van der Waals surface area contributed by atoms with Crippen LogP contribution in [-0.4, -0.2) is 42.4 Å². The van der Waals surface area contributed by atoms with E-state index in [1.54, 1.807) is 41.4 Å². The zero-order chi connectivity index (χ0) is 20.4. The highest BCUT2D eigenvalue weighted by Crippen LogP contribution is 2.24. The number of hydrazone groups is 1. The minimum atomic E-state index is -3.78. The Morgan fingerprint density at radius 3 is 2.72 bits per heavy atom. The number of aromatic nitrogens is 1. The van der Waals surface area contributed by atoms with Gasteiger partial charge in [0.25, 0.3) is 15.9 Å². The third-order valence-corrected chi connectivity index (χ3v) is 6.23. The van der Waals surface area contributed by atoms with Crippen LogP contribution < -0.4 is 10.1 Å². The highest BCUT2D eigenvalue weighted by molar-refractivity contribution is 7.92. The second-order valence-corrected chi connectivity index (χ2v) is 8.53. The molecule has 0 fully saturated rings. The Labute approximate surface area is 167 Å². The van der Waals surface area contributed by atoms with Crippen LogP contribution in [0.3, 0.4) is 0 Å². The Kier molecular flexibility index (Phi) is 5.01. The summed E-state index contributed by atoms with van der Waals surface area (Å²) < 4.78 is 27.9. The normalized spacial score (nSPS) is 16.5. The van der Waals surface area contributed by atoms with E-state index in [-0.39, 0.29) is 29.7 Å². The van der Waals surface area contributed by atoms with Crippen molar-refractivity contribution in [2.75, 3.05) is 11.3 Å². The molecule has 2 N–H and O–H groups in total. The third-order valence-electron chi connectivity index (χ3n) is 4.85. The summed E-state index contributed by atoms with van der Waals surface area (Å²) in [6.07, 6.45) is 4.15. The second-order valence-electron chi connectivity index (χ2n) is 6.85. The number of nitrogens with zero attached hydrogens (tertiary/aromatic N) is 3. The van der Waals surface area contributed by atoms with Gasteiger partial charge in [0.2, 0.25) is 5.91 Å². The Morgan fingerprint density at radius 1 is 1.14 bits per heavy atom. The van der Waals surface area contributed by atoms with Crippen molar-refractivity contribution in [3.05, 3.63) is 53.9 Å². The Bertz CT molecular complexity index is 1100. The van der Waals surface area contributed by atoms with Gasteiger partial charge in [-0.3, -0.25) is 19.3 Å². The van der Waals surface area contributed by atoms with E-state index in [0.29, 0.717) is 30.8 Å². The number of hydrogen-bond acceptors (Lipinski definition) is 6. The van der Waals surface area contributed by atoms with Gasteiger partial charge < -0.3 is 4.90 Å². The molecule has 4 rings (SSSR count). The van der Waals surface area contributed by atoms with Crippen LogP contribution in [0.15, 0.2) is 52.7 Å². The van der Waals surface area contributed by atoms with Crippen LogP contribution in [-0.2, 0) is 32.6 Å². The molecule has 0 bridgehead atoms. The van der Waals surface area contributed by atoms with E-state index in [1.165, 1.54) is 6.20 Å². The molecule has 1 aromatic carbocycles. The molecule has 0 radical (unpaired) electrons. The molecule has 0 atom stereocenters. The lowest BCUT2D eigenvalue weighted by Gasteiger charge is -2.30. The number of amides is 2. The van der Waals surface area contributed by atoms with Gasteiger partial charge in [0.15, 0.2) is 0 Å². The van der Waals surface area contributed by atoms with Crippen molar-refractivity contribution < 1.29 is 18.0 Å². The maximum atomic E-state index is 12.7. The largest absolute Gasteiger partial charge is 0.333 e. The fourth-order valence-electron chi connectivity index (χ4n) is 3.32. The minimum absolute atomic E-state index is 0.122. The van der Waals surface area contributed by atoms with Gasteiger partial charge in [0, 0.05) is 32.1 Å². The van der Waals surface area contributed by atoms with Crippen LogP contribution in [0.5, 0.6) is 0 Å². The molecular weight excluding hydrogens is 394 g/mol. The average molecular weight is 413 g/mol. The van der Waals surface area contributed by atoms with E-state index in [4.69, 9.17) is 0 Å². The number of carbonyl (C=O) groups is 2. The van der Waals surface area contributed by atoms with Crippen molar-refractivity contribution in [2.24, 2.45) is 5.10 Å². The molecule has 0 saturated carbocycles. The first kappa shape index (κ1) is 19.1. The summed E-state index contributed by atoms with van der Waals surface area (Å²) in [6.45, 7) is 0.802. The van der Waals surface area contributed by atoms with Crippen molar-refractivity contribution in [3.8, 4) is 0 Å². The van der Waals surface area contributed by atoms with E-state index in [0.717, 1.165) is 11.1 Å². The minimum Gasteiger partial charge on any atom is -0.333 e. The Balaban J connectivity index is 1.54. The van der Waals surface area contributed by atoms with E-state index < -0.39 is 10.0 Å². The van der Waals surface area contributed by atoms with Gasteiger partial charge in [-0.15, -0.1) is 0 Å². The summed E-state index contributed by atoms with van der Waals surface area (Å²) in [4.78, 5) is 29.6. The summed E-state index contributed by atoms with van der Waals surface area (Å²) in [7, 11) is -3.78. The van der Waals surface area contributed by atoms with Gasteiger partial charge >= 0.3 is 0 Å². The maximum Gasteiger partial charge on any atom is 0.270 e. The van der Waals surface area contributed by atoms with E-state index >= 15 is 0 Å². The number of fused-ring (bicyclic) bond motifs is 1. The second kappa shape index (κ2) is 7.63. The molecule has 2 aromatic rings. The number of carbonyl (C=O) groups excluding carboxylic acids is 2. The van der Waals surface area contributed by atoms with Gasteiger partial charge in [-0.05, 0) is 41.8 Å². The third kappa shape index (κ3) is 4.11. The highest BCUT2D eigenvalue weighted by atomic mass is 32.2. The van der Waals surface area contributed by atoms with Crippen molar-refractivity contribution in [2.45, 2.75) is 30.7 Å². The van der Waals surface area contributed by atoms with E-state index in [9.17, 15) is 18.0 Å². The molecule has 0 unspecified atom stereocenters. The topological polar surface area (TPSA) is 121 Å². The number of nitrogens with one attached hydrogen (secondary N) is 2. The molecule has 10 heteroatoms. The van der Waals surface area contributed by atoms with Crippen LogP contribution in [0, 0.1) is 0 Å². The first-order valence-corrected chi connectivity index (χ1v) is 10.6. The number of benzene rings is 1. The Hall–Kier alpha value is -3.27. The lowest BCUT2D eigenvalue weighted by Crippen LogP contribution is -2.42. The fraction of sp³-hybridized carbons (Fsp3) is 0.263. The Morgan fingerprint density at radius 2 is 2.00 bits per heavy atom. The molecule has 2 aliphatic heterocycles. The number of anilines is 1. The zero-order valence-corrected chi connectivity index (χ0v) is 16.3. The molecule has 0 spiro atoms. The molecule has 150 valence electrons. The highest BCUT2D eigenvalue weighted by Gasteiger charge is 2.27. The lowest BCUT2D eigenvalue weighted by molar-refractivity contribution is -0.125. The monoisotopic (exact) mass is 413 g/mol. The van der Waals surface area contributed by atoms with Crippen molar-refractivity contribution >= 4 is 33.2 Å². The van der Waals surface area contributed by atoms with Gasteiger partial charge in [0.1, 0.15) is 5.71 Å². The molecule has 3 heterocycles. The predicted molar refractivity (Wildman–Crippen MR) is 105 cm³/mol. The maximum absolute atomic E-state index is 12.7. The summed E-state index contributed by atoms with van der Waals surface area (Å²) in [5.74, 6) is -0.445. The van der Waals surface area contributed by atoms with Crippen LogP contribution >= 0.6 is 0 Å². The molecular formula is C19H19N5O4S. The van der Waals surface area contributed by atoms with Crippen LogP contribution in [0.4, 0.5) is 5.69 Å². The standard InChI is InChI=1S/C19H19N5O4S/c25-18-6-5-17(21-22-18)19(26)24-9-7-13-3-4-16(10-14(13)12-24)29(27,28)23-15-2-1-8-20-11-15/h1-4,8,10-11,23H,5-7,9,12H2,(H,22,25). The molecule has 1 aromatic heterocycles. The van der Waals surface area contributed by atoms with Gasteiger partial charge in [-0.2, -0.15) is 5.10 Å². The summed E-state index contributed by atoms with van der Waals surface area (Å²) in [5, 5.41) is 3.86. The number of hydrogen-bond donors (Lipinski definition) is 2. The van der Waals surface area contributed by atoms with Crippen molar-refractivity contribution in [1.29, 1.82) is 0 Å². The first-order chi connectivity index (χ1) is 13.9. The first-order valence-electron chi connectivity index (χ1n) is 9.12. The van der Waals surface area contributed by atoms with Crippen LogP contribution in [0.1, 0.15) is 24.0 Å². The van der Waals surface area contributed by atoms with Gasteiger partial charge in [-0.25, -0.2) is 13.8 Å². The number of sulfonamides is 1. The molecule has 29 heavy (non-hydrogen) atoms. The molecule has 2 aliphatic rings. The SMILES string of the molecule is O=C1CCC(C(=O)N2CCc3ccc(S(=O)(=O)Nc4cccnc4)cc3C2)=NN1. The average Bonchev–Trinajstić information content (AvgIpc) is 2.73. The molecule has 2 amide bonds. The van der Waals surface area contributed by atoms with E-state index in [1.807, 2.05) is 0 Å². The smallest absolute Gasteiger partial charge is 0.270 e. The number of pyridine rings is 1. The zero-order valence-electron chi connectivity index (χ0n) is 15.5.